The van der Waals surface area contributed by atoms with Gasteiger partial charge in [-0.2, -0.15) is 0 Å². The molecule has 3 aliphatic rings. The second kappa shape index (κ2) is 14.2. The maximum Gasteiger partial charge on any atom is 0.364 e. The van der Waals surface area contributed by atoms with Crippen LogP contribution in [-0.2, 0) is 33.3 Å². The molecule has 0 unspecified atom stereocenters. The van der Waals surface area contributed by atoms with Gasteiger partial charge in [-0.3, -0.25) is 4.79 Å². The normalized spacial score (nSPS) is 43.2. The van der Waals surface area contributed by atoms with Crippen LogP contribution in [0.3, 0.4) is 0 Å². The molecule has 238 valence electrons. The molecule has 0 aliphatic carbocycles. The lowest BCUT2D eigenvalue weighted by atomic mass is 9.88. The van der Waals surface area contributed by atoms with Gasteiger partial charge in [0.05, 0.1) is 38.1 Å². The number of aliphatic hydroxyl groups is 9. The summed E-state index contributed by atoms with van der Waals surface area (Å²) in [6, 6.07) is -1.49. The number of hydrogen-bond donors (Lipinski definition) is 11. The second-order valence-electron chi connectivity index (χ2n) is 10.2. The van der Waals surface area contributed by atoms with Gasteiger partial charge in [0.2, 0.25) is 5.91 Å². The van der Waals surface area contributed by atoms with E-state index in [1.807, 2.05) is 0 Å². The van der Waals surface area contributed by atoms with Crippen molar-refractivity contribution in [3.8, 4) is 0 Å². The maximum absolute atomic E-state index is 12.5. The number of aliphatic hydroxyl groups excluding tert-OH is 9. The number of carboxylic acids is 1. The van der Waals surface area contributed by atoms with Crippen LogP contribution < -0.4 is 5.32 Å². The van der Waals surface area contributed by atoms with Gasteiger partial charge in [-0.1, -0.05) is 0 Å². The van der Waals surface area contributed by atoms with E-state index in [0.717, 1.165) is 6.92 Å². The third-order valence-corrected chi connectivity index (χ3v) is 7.32. The number of nitrogens with one attached hydrogen (secondary N) is 1. The first-order chi connectivity index (χ1) is 19.3. The van der Waals surface area contributed by atoms with Crippen LogP contribution in [0.15, 0.2) is 0 Å². The lowest BCUT2D eigenvalue weighted by Crippen LogP contribution is -2.70. The summed E-state index contributed by atoms with van der Waals surface area (Å²) in [7, 11) is 0. The summed E-state index contributed by atoms with van der Waals surface area (Å²) >= 11 is 0. The minimum Gasteiger partial charge on any atom is -0.477 e. The van der Waals surface area contributed by atoms with Crippen molar-refractivity contribution in [2.75, 3.05) is 26.4 Å². The molecule has 0 bridgehead atoms. The number of carbonyl (C=O) groups excluding carboxylic acids is 1. The summed E-state index contributed by atoms with van der Waals surface area (Å²) < 4.78 is 27.5. The van der Waals surface area contributed by atoms with Crippen LogP contribution >= 0.6 is 0 Å². The van der Waals surface area contributed by atoms with Crippen LogP contribution in [-0.4, -0.2) is 175 Å². The van der Waals surface area contributed by atoms with Gasteiger partial charge in [-0.25, -0.2) is 4.79 Å². The highest BCUT2D eigenvalue weighted by molar-refractivity contribution is 5.76. The van der Waals surface area contributed by atoms with E-state index in [0.29, 0.717) is 0 Å². The fraction of sp³-hybridized carbons (Fsp3) is 0.913. The summed E-state index contributed by atoms with van der Waals surface area (Å²) in [5.74, 6) is -5.54. The van der Waals surface area contributed by atoms with Crippen LogP contribution in [0.5, 0.6) is 0 Å². The molecule has 11 N–H and O–H groups in total. The van der Waals surface area contributed by atoms with Gasteiger partial charge in [0.15, 0.2) is 6.29 Å². The van der Waals surface area contributed by atoms with Crippen LogP contribution in [0.25, 0.3) is 0 Å². The average molecular weight is 602 g/mol. The van der Waals surface area contributed by atoms with Crippen molar-refractivity contribution in [2.45, 2.75) is 105 Å². The molecule has 41 heavy (non-hydrogen) atoms. The third-order valence-electron chi connectivity index (χ3n) is 7.32. The number of rotatable bonds is 11. The summed E-state index contributed by atoms with van der Waals surface area (Å²) in [5.41, 5.74) is 0. The number of carboxylic acid groups (broad SMARTS) is 1. The van der Waals surface area contributed by atoms with Gasteiger partial charge in [0.1, 0.15) is 54.9 Å². The Bertz CT molecular complexity index is 881. The van der Waals surface area contributed by atoms with Crippen molar-refractivity contribution in [2.24, 2.45) is 0 Å². The Labute approximate surface area is 233 Å². The highest BCUT2D eigenvalue weighted by atomic mass is 16.8. The zero-order chi connectivity index (χ0) is 30.6. The number of carbonyl (C=O) groups is 2. The molecule has 0 radical (unpaired) electrons. The molecule has 1 amide bonds. The Morgan fingerprint density at radius 1 is 1.02 bits per heavy atom. The van der Waals surface area contributed by atoms with Crippen LogP contribution in [0.1, 0.15) is 19.8 Å². The monoisotopic (exact) mass is 601 g/mol. The van der Waals surface area contributed by atoms with E-state index < -0.39 is 123 Å². The minimum atomic E-state index is -2.93. The summed E-state index contributed by atoms with van der Waals surface area (Å²) in [6.07, 6.45) is -21.0. The summed E-state index contributed by atoms with van der Waals surface area (Å²) in [5, 5.41) is 105. The molecule has 3 fully saturated rings. The van der Waals surface area contributed by atoms with Crippen LogP contribution in [0.4, 0.5) is 0 Å². The van der Waals surface area contributed by atoms with Crippen LogP contribution in [0, 0.1) is 0 Å². The molecule has 0 aromatic heterocycles. The standard InChI is InChI=1S/C23H39NO17/c1-8(28)24-14-9(29)4-23(22(35)36,40-19(14)15(31)10(30)5-25)41-20-17(33)13(7-27)39-21(18(20)34)38-11-2-3-37-12(6-26)16(11)32/h9-21,25-27,29-34H,2-7H2,1H3,(H,24,28)(H,35,36)/t9-,10+,11+,12+,13+,14+,15-,16+,17-,18+,19+,20-,21+,23-/m0/s1. The van der Waals surface area contributed by atoms with E-state index in [4.69, 9.17) is 23.7 Å². The Balaban J connectivity index is 1.91. The zero-order valence-electron chi connectivity index (χ0n) is 22.1. The first-order valence-electron chi connectivity index (χ1n) is 13.0. The van der Waals surface area contributed by atoms with Crippen LogP contribution in [0.2, 0.25) is 0 Å². The van der Waals surface area contributed by atoms with Crippen molar-refractivity contribution in [3.63, 3.8) is 0 Å². The van der Waals surface area contributed by atoms with Gasteiger partial charge >= 0.3 is 5.97 Å². The lowest BCUT2D eigenvalue weighted by molar-refractivity contribution is -0.376. The Hall–Kier alpha value is -1.62. The second-order valence-corrected chi connectivity index (χ2v) is 10.2. The average Bonchev–Trinajstić information content (AvgIpc) is 2.93. The molecule has 0 aromatic carbocycles. The highest BCUT2D eigenvalue weighted by Crippen LogP contribution is 2.38. The van der Waals surface area contributed by atoms with Gasteiger partial charge in [-0.05, 0) is 6.42 Å². The van der Waals surface area contributed by atoms with E-state index in [1.54, 1.807) is 0 Å². The van der Waals surface area contributed by atoms with E-state index in [9.17, 15) is 60.7 Å². The van der Waals surface area contributed by atoms with E-state index in [-0.39, 0.29) is 13.0 Å². The summed E-state index contributed by atoms with van der Waals surface area (Å²) in [4.78, 5) is 24.2. The molecule has 3 saturated heterocycles. The number of ether oxygens (including phenoxy) is 5. The molecule has 0 aromatic rings. The minimum absolute atomic E-state index is 0.0640. The molecule has 3 heterocycles. The van der Waals surface area contributed by atoms with E-state index in [1.165, 1.54) is 0 Å². The molecule has 14 atom stereocenters. The molecular weight excluding hydrogens is 562 g/mol. The maximum atomic E-state index is 12.5. The zero-order valence-corrected chi connectivity index (χ0v) is 22.1. The quantitative estimate of drug-likeness (QED) is 0.105. The number of amides is 1. The van der Waals surface area contributed by atoms with Crippen molar-refractivity contribution in [3.05, 3.63) is 0 Å². The molecule has 0 saturated carbocycles. The smallest absolute Gasteiger partial charge is 0.364 e. The van der Waals surface area contributed by atoms with Gasteiger partial charge in [-0.15, -0.1) is 0 Å². The molecule has 18 heteroatoms. The van der Waals surface area contributed by atoms with Crippen molar-refractivity contribution >= 4 is 11.9 Å². The molecule has 3 aliphatic heterocycles. The fourth-order valence-electron chi connectivity index (χ4n) is 5.10. The predicted molar refractivity (Wildman–Crippen MR) is 128 cm³/mol. The van der Waals surface area contributed by atoms with Gasteiger partial charge < -0.3 is 80.1 Å². The Morgan fingerprint density at radius 2 is 1.68 bits per heavy atom. The molecular formula is C23H39NO17. The Kier molecular flexibility index (Phi) is 11.8. The van der Waals surface area contributed by atoms with Crippen molar-refractivity contribution in [1.29, 1.82) is 0 Å². The number of hydrogen-bond acceptors (Lipinski definition) is 16. The lowest BCUT2D eigenvalue weighted by Gasteiger charge is -2.50. The Morgan fingerprint density at radius 3 is 2.24 bits per heavy atom. The van der Waals surface area contributed by atoms with E-state index in [2.05, 4.69) is 5.32 Å². The van der Waals surface area contributed by atoms with Gasteiger partial charge in [0, 0.05) is 20.0 Å². The molecule has 3 rings (SSSR count). The highest BCUT2D eigenvalue weighted by Gasteiger charge is 2.59. The van der Waals surface area contributed by atoms with E-state index >= 15 is 0 Å². The van der Waals surface area contributed by atoms with Gasteiger partial charge in [0.25, 0.3) is 5.79 Å². The first-order valence-corrected chi connectivity index (χ1v) is 13.0. The fourth-order valence-corrected chi connectivity index (χ4v) is 5.10. The van der Waals surface area contributed by atoms with Crippen molar-refractivity contribution < 1.29 is 84.3 Å². The van der Waals surface area contributed by atoms with Crippen molar-refractivity contribution in [1.82, 2.24) is 5.32 Å². The molecule has 0 spiro atoms. The summed E-state index contributed by atoms with van der Waals surface area (Å²) in [6.45, 7) is -1.28. The predicted octanol–water partition coefficient (Wildman–Crippen LogP) is -6.51. The largest absolute Gasteiger partial charge is 0.477 e. The topological polar surface area (TPSA) is 295 Å². The first kappa shape index (κ1) is 33.9. The SMILES string of the molecule is CC(=O)N[C@H]1[C@H]([C@@H](O)[C@H](O)CO)O[C@@](O[C@H]2[C@@H](O)[C@@H](CO)O[C@@H](O[C@@H]3CCO[C@H](CO)[C@@H]3O)[C@@H]2O)(C(=O)O)C[C@@H]1O. The number of aliphatic carboxylic acids is 1. The molecule has 18 nitrogen and oxygen atoms in total. The third kappa shape index (κ3) is 7.31.